The summed E-state index contributed by atoms with van der Waals surface area (Å²) in [6, 6.07) is 26.9. The molecule has 0 aliphatic rings. The molecule has 0 aliphatic carbocycles. The van der Waals surface area contributed by atoms with Crippen LogP contribution in [0.5, 0.6) is 0 Å². The van der Waals surface area contributed by atoms with Crippen LogP contribution < -0.4 is 0 Å². The lowest BCUT2D eigenvalue weighted by molar-refractivity contribution is 1.03. The van der Waals surface area contributed by atoms with Gasteiger partial charge in [0, 0.05) is 11.1 Å². The summed E-state index contributed by atoms with van der Waals surface area (Å²) in [6.07, 6.45) is 11.3. The highest BCUT2D eigenvalue weighted by Gasteiger charge is 2.14. The maximum absolute atomic E-state index is 4.91. The molecule has 0 unspecified atom stereocenters. The molecular weight excluding hydrogens is 438 g/mol. The summed E-state index contributed by atoms with van der Waals surface area (Å²) >= 11 is 0. The third-order valence-electron chi connectivity index (χ3n) is 5.95. The van der Waals surface area contributed by atoms with Gasteiger partial charge in [0.15, 0.2) is 17.5 Å². The van der Waals surface area contributed by atoms with E-state index < -0.39 is 0 Å². The lowest BCUT2D eigenvalue weighted by Gasteiger charge is -2.12. The highest BCUT2D eigenvalue weighted by molar-refractivity contribution is 5.81. The Morgan fingerprint density at radius 3 is 1.97 bits per heavy atom. The Morgan fingerprint density at radius 2 is 1.33 bits per heavy atom. The number of hydrogen-bond donors (Lipinski definition) is 0. The Hall–Kier alpha value is -4.37. The van der Waals surface area contributed by atoms with Crippen molar-refractivity contribution in [3.63, 3.8) is 0 Å². The molecule has 0 saturated carbocycles. The molecule has 0 saturated heterocycles. The number of hydrogen-bond acceptors (Lipinski definition) is 3. The van der Waals surface area contributed by atoms with E-state index in [1.54, 1.807) is 0 Å². The molecule has 178 valence electrons. The van der Waals surface area contributed by atoms with Crippen LogP contribution in [0.2, 0.25) is 0 Å². The van der Waals surface area contributed by atoms with Crippen molar-refractivity contribution in [3.8, 4) is 33.9 Å². The number of nitrogens with zero attached hydrogens (tertiary/aromatic N) is 3. The lowest BCUT2D eigenvalue weighted by atomic mass is 9.96. The predicted octanol–water partition coefficient (Wildman–Crippen LogP) is 8.83. The van der Waals surface area contributed by atoms with Crippen LogP contribution in [0.1, 0.15) is 38.6 Å². The Labute approximate surface area is 214 Å². The average Bonchev–Trinajstić information content (AvgIpc) is 2.95. The van der Waals surface area contributed by atoms with Crippen LogP contribution in [-0.4, -0.2) is 15.0 Å². The zero-order valence-corrected chi connectivity index (χ0v) is 21.1. The van der Waals surface area contributed by atoms with Crippen LogP contribution in [0.4, 0.5) is 0 Å². The van der Waals surface area contributed by atoms with Crippen molar-refractivity contribution in [1.82, 2.24) is 15.0 Å². The molecule has 3 nitrogen and oxygen atoms in total. The molecule has 3 aromatic carbocycles. The minimum absolute atomic E-state index is 0.643. The molecule has 0 spiro atoms. The summed E-state index contributed by atoms with van der Waals surface area (Å²) < 4.78 is 0. The standard InChI is InChI=1S/C33H31N3/c1-5-7-8-11-16-25(4)28-21-29(26-17-12-9-13-18-26)23-30(22-28)33-35-31(24(3)6-2)34-32(36-33)27-19-14-10-15-20-27/h5-7,9-23H,4,8H2,1-3H3/b7-5-,16-11+,24-6+. The highest BCUT2D eigenvalue weighted by atomic mass is 15.0. The molecule has 0 amide bonds. The fourth-order valence-electron chi connectivity index (χ4n) is 3.79. The van der Waals surface area contributed by atoms with Crippen molar-refractivity contribution in [2.75, 3.05) is 0 Å². The molecule has 0 radical (unpaired) electrons. The molecule has 4 aromatic rings. The summed E-state index contributed by atoms with van der Waals surface area (Å²) in [6.45, 7) is 10.4. The molecule has 0 bridgehead atoms. The van der Waals surface area contributed by atoms with E-state index in [0.29, 0.717) is 17.5 Å². The molecule has 4 rings (SSSR count). The van der Waals surface area contributed by atoms with Crippen LogP contribution >= 0.6 is 0 Å². The summed E-state index contributed by atoms with van der Waals surface area (Å²) in [7, 11) is 0. The third kappa shape index (κ3) is 6.00. The number of allylic oxidation sites excluding steroid dienone is 7. The molecule has 0 N–H and O–H groups in total. The molecule has 0 atom stereocenters. The van der Waals surface area contributed by atoms with E-state index in [9.17, 15) is 0 Å². The fourth-order valence-corrected chi connectivity index (χ4v) is 3.79. The van der Waals surface area contributed by atoms with Gasteiger partial charge in [-0.2, -0.15) is 0 Å². The second-order valence-electron chi connectivity index (χ2n) is 8.54. The Bertz CT molecular complexity index is 1430. The van der Waals surface area contributed by atoms with Crippen molar-refractivity contribution in [2.45, 2.75) is 27.2 Å². The van der Waals surface area contributed by atoms with Crippen molar-refractivity contribution in [1.29, 1.82) is 0 Å². The summed E-state index contributed by atoms with van der Waals surface area (Å²) in [5.74, 6) is 1.98. The van der Waals surface area contributed by atoms with Gasteiger partial charge in [-0.25, -0.2) is 15.0 Å². The van der Waals surface area contributed by atoms with E-state index in [2.05, 4.69) is 73.3 Å². The van der Waals surface area contributed by atoms with Gasteiger partial charge in [-0.15, -0.1) is 0 Å². The van der Waals surface area contributed by atoms with Gasteiger partial charge < -0.3 is 0 Å². The second kappa shape index (κ2) is 11.9. The van der Waals surface area contributed by atoms with Gasteiger partial charge in [0.1, 0.15) is 0 Å². The minimum atomic E-state index is 0.643. The quantitative estimate of drug-likeness (QED) is 0.191. The average molecular weight is 470 g/mol. The smallest absolute Gasteiger partial charge is 0.164 e. The molecule has 0 aliphatic heterocycles. The molecule has 1 heterocycles. The van der Waals surface area contributed by atoms with Crippen LogP contribution in [-0.2, 0) is 0 Å². The maximum atomic E-state index is 4.91. The zero-order chi connectivity index (χ0) is 25.3. The van der Waals surface area contributed by atoms with Gasteiger partial charge in [-0.05, 0) is 73.2 Å². The maximum Gasteiger partial charge on any atom is 0.164 e. The molecule has 3 heteroatoms. The van der Waals surface area contributed by atoms with Crippen LogP contribution in [0.25, 0.3) is 45.0 Å². The van der Waals surface area contributed by atoms with Gasteiger partial charge in [0.25, 0.3) is 0 Å². The van der Waals surface area contributed by atoms with Gasteiger partial charge in [-0.1, -0.05) is 97.6 Å². The predicted molar refractivity (Wildman–Crippen MR) is 153 cm³/mol. The summed E-state index contributed by atoms with van der Waals surface area (Å²) in [5, 5.41) is 0. The van der Waals surface area contributed by atoms with E-state index in [4.69, 9.17) is 15.0 Å². The number of rotatable bonds is 8. The van der Waals surface area contributed by atoms with E-state index >= 15 is 0 Å². The zero-order valence-electron chi connectivity index (χ0n) is 21.1. The monoisotopic (exact) mass is 469 g/mol. The van der Waals surface area contributed by atoms with Crippen LogP contribution in [0, 0.1) is 0 Å². The fraction of sp³-hybridized carbons (Fsp3) is 0.121. The van der Waals surface area contributed by atoms with Gasteiger partial charge >= 0.3 is 0 Å². The first-order chi connectivity index (χ1) is 17.6. The van der Waals surface area contributed by atoms with Crippen molar-refractivity contribution in [2.24, 2.45) is 0 Å². The largest absolute Gasteiger partial charge is 0.209 e. The topological polar surface area (TPSA) is 38.7 Å². The number of aromatic nitrogens is 3. The Balaban J connectivity index is 1.89. The normalized spacial score (nSPS) is 11.9. The van der Waals surface area contributed by atoms with Gasteiger partial charge in [0.2, 0.25) is 0 Å². The summed E-state index contributed by atoms with van der Waals surface area (Å²) in [5.41, 5.74) is 7.10. The SMILES string of the molecule is C=C(/C=C/C/C=C\C)c1cc(-c2ccccc2)cc(-c2nc(/C(C)=C/C)nc(-c3ccccc3)n2)c1. The van der Waals surface area contributed by atoms with Crippen LogP contribution in [0.15, 0.2) is 116 Å². The van der Waals surface area contributed by atoms with Crippen LogP contribution in [0.3, 0.4) is 0 Å². The van der Waals surface area contributed by atoms with E-state index in [1.165, 1.54) is 0 Å². The van der Waals surface area contributed by atoms with Gasteiger partial charge in [-0.3, -0.25) is 0 Å². The van der Waals surface area contributed by atoms with E-state index in [0.717, 1.165) is 45.4 Å². The van der Waals surface area contributed by atoms with E-state index in [-0.39, 0.29) is 0 Å². The Morgan fingerprint density at radius 1 is 0.722 bits per heavy atom. The minimum Gasteiger partial charge on any atom is -0.209 e. The first kappa shape index (κ1) is 24.7. The van der Waals surface area contributed by atoms with Crippen molar-refractivity contribution < 1.29 is 0 Å². The summed E-state index contributed by atoms with van der Waals surface area (Å²) in [4.78, 5) is 14.6. The molecule has 1 aromatic heterocycles. The third-order valence-corrected chi connectivity index (χ3v) is 5.95. The second-order valence-corrected chi connectivity index (χ2v) is 8.54. The van der Waals surface area contributed by atoms with Gasteiger partial charge in [0.05, 0.1) is 0 Å². The van der Waals surface area contributed by atoms with Crippen molar-refractivity contribution in [3.05, 3.63) is 127 Å². The molecular formula is C33H31N3. The lowest BCUT2D eigenvalue weighted by Crippen LogP contribution is -2.02. The first-order valence-corrected chi connectivity index (χ1v) is 12.2. The van der Waals surface area contributed by atoms with E-state index in [1.807, 2.05) is 63.2 Å². The first-order valence-electron chi connectivity index (χ1n) is 12.2. The van der Waals surface area contributed by atoms with Crippen molar-refractivity contribution >= 4 is 11.1 Å². The number of benzene rings is 3. The highest BCUT2D eigenvalue weighted by Crippen LogP contribution is 2.31. The Kier molecular flexibility index (Phi) is 8.15. The molecule has 36 heavy (non-hydrogen) atoms. The molecule has 0 fully saturated rings.